The molecule has 1 saturated heterocycles. The maximum Gasteiger partial charge on any atom is 0.274 e. The van der Waals surface area contributed by atoms with Crippen molar-refractivity contribution in [1.29, 1.82) is 0 Å². The Kier molecular flexibility index (Phi) is 5.15. The number of fused-ring (bicyclic) bond motifs is 3. The van der Waals surface area contributed by atoms with Gasteiger partial charge in [-0.25, -0.2) is 13.4 Å². The van der Waals surface area contributed by atoms with Gasteiger partial charge in [-0.2, -0.15) is 4.31 Å². The summed E-state index contributed by atoms with van der Waals surface area (Å²) in [7, 11) is -0.789. The van der Waals surface area contributed by atoms with Crippen LogP contribution in [0.5, 0.6) is 0 Å². The molecular formula is C20H25N5O4S. The molecule has 0 aliphatic carbocycles. The first-order valence-electron chi connectivity index (χ1n) is 9.88. The molecule has 0 spiro atoms. The normalized spacial score (nSPS) is 20.4. The smallest absolute Gasteiger partial charge is 0.274 e. The van der Waals surface area contributed by atoms with Crippen LogP contribution in [0, 0.1) is 0 Å². The number of sulfonamides is 1. The maximum atomic E-state index is 13.4. The van der Waals surface area contributed by atoms with E-state index in [4.69, 9.17) is 0 Å². The maximum absolute atomic E-state index is 13.4. The Bertz CT molecular complexity index is 1110. The van der Waals surface area contributed by atoms with E-state index in [2.05, 4.69) is 4.98 Å². The predicted molar refractivity (Wildman–Crippen MR) is 110 cm³/mol. The van der Waals surface area contributed by atoms with E-state index in [1.165, 1.54) is 17.3 Å². The summed E-state index contributed by atoms with van der Waals surface area (Å²) in [5.74, 6) is -0.547. The summed E-state index contributed by atoms with van der Waals surface area (Å²) in [6.45, 7) is 2.23. The van der Waals surface area contributed by atoms with Crippen molar-refractivity contribution >= 4 is 21.8 Å². The van der Waals surface area contributed by atoms with Gasteiger partial charge in [0.15, 0.2) is 5.69 Å². The molecule has 160 valence electrons. The SMILES string of the molecule is CC1CCCN1C(=O)c1ncn2c1CN(CC(=O)N(C)C)S(=O)(=O)c1ccccc1-2. The molecule has 1 aromatic heterocycles. The van der Waals surface area contributed by atoms with Crippen molar-refractivity contribution in [2.45, 2.75) is 37.2 Å². The van der Waals surface area contributed by atoms with Crippen molar-refractivity contribution < 1.29 is 18.0 Å². The molecule has 0 bridgehead atoms. The zero-order valence-electron chi connectivity index (χ0n) is 17.3. The fourth-order valence-corrected chi connectivity index (χ4v) is 5.51. The summed E-state index contributed by atoms with van der Waals surface area (Å²) in [6, 6.07) is 6.69. The van der Waals surface area contributed by atoms with Gasteiger partial charge in [0.1, 0.15) is 11.2 Å². The number of carbonyl (C=O) groups is 2. The molecule has 1 unspecified atom stereocenters. The molecule has 2 aliphatic rings. The molecule has 4 rings (SSSR count). The Morgan fingerprint density at radius 1 is 1.23 bits per heavy atom. The lowest BCUT2D eigenvalue weighted by Gasteiger charge is -2.23. The van der Waals surface area contributed by atoms with Gasteiger partial charge in [-0.3, -0.25) is 14.2 Å². The third-order valence-electron chi connectivity index (χ3n) is 5.76. The van der Waals surface area contributed by atoms with Gasteiger partial charge in [0, 0.05) is 26.7 Å². The number of likely N-dealkylation sites (tertiary alicyclic amines) is 1. The third-order valence-corrected chi connectivity index (χ3v) is 7.60. The van der Waals surface area contributed by atoms with Crippen LogP contribution in [0.1, 0.15) is 35.9 Å². The molecule has 10 heteroatoms. The fourth-order valence-electron chi connectivity index (χ4n) is 3.98. The number of para-hydroxylation sites is 1. The molecular weight excluding hydrogens is 406 g/mol. The van der Waals surface area contributed by atoms with E-state index < -0.39 is 10.0 Å². The van der Waals surface area contributed by atoms with Crippen molar-refractivity contribution in [2.75, 3.05) is 27.2 Å². The molecule has 2 amide bonds. The number of imidazole rings is 1. The zero-order chi connectivity index (χ0) is 21.6. The second-order valence-corrected chi connectivity index (χ2v) is 9.84. The van der Waals surface area contributed by atoms with Crippen LogP contribution in [0.25, 0.3) is 5.69 Å². The topological polar surface area (TPSA) is 95.8 Å². The summed E-state index contributed by atoms with van der Waals surface area (Å²) >= 11 is 0. The zero-order valence-corrected chi connectivity index (χ0v) is 18.1. The van der Waals surface area contributed by atoms with Crippen molar-refractivity contribution in [1.82, 2.24) is 23.7 Å². The van der Waals surface area contributed by atoms with Crippen LogP contribution >= 0.6 is 0 Å². The summed E-state index contributed by atoms with van der Waals surface area (Å²) in [5, 5.41) is 0. The van der Waals surface area contributed by atoms with Gasteiger partial charge in [0.25, 0.3) is 5.91 Å². The van der Waals surface area contributed by atoms with E-state index in [9.17, 15) is 18.0 Å². The standard InChI is InChI=1S/C20H25N5O4S/c1-14-7-6-10-24(14)20(27)19-16-11-23(12-18(26)22(2)3)30(28,29)17-9-5-4-8-15(17)25(16)13-21-19/h4-5,8-9,13-14H,6-7,10-12H2,1-3H3. The predicted octanol–water partition coefficient (Wildman–Crippen LogP) is 1.09. The first-order valence-corrected chi connectivity index (χ1v) is 11.3. The van der Waals surface area contributed by atoms with Crippen molar-refractivity contribution in [3.8, 4) is 5.69 Å². The number of hydrogen-bond acceptors (Lipinski definition) is 5. The number of amides is 2. The Balaban J connectivity index is 1.84. The average Bonchev–Trinajstić information content (AvgIpc) is 3.30. The summed E-state index contributed by atoms with van der Waals surface area (Å²) in [5.41, 5.74) is 1.13. The lowest BCUT2D eigenvalue weighted by atomic mass is 10.2. The highest BCUT2D eigenvalue weighted by molar-refractivity contribution is 7.89. The minimum absolute atomic E-state index is 0.0845. The quantitative estimate of drug-likeness (QED) is 0.725. The molecule has 1 atom stereocenters. The summed E-state index contributed by atoms with van der Waals surface area (Å²) < 4.78 is 29.5. The van der Waals surface area contributed by atoms with E-state index in [1.54, 1.807) is 41.8 Å². The highest BCUT2D eigenvalue weighted by Crippen LogP contribution is 2.32. The van der Waals surface area contributed by atoms with Gasteiger partial charge in [-0.15, -0.1) is 0 Å². The Hall–Kier alpha value is -2.72. The van der Waals surface area contributed by atoms with E-state index in [0.717, 1.165) is 17.1 Å². The molecule has 0 radical (unpaired) electrons. The van der Waals surface area contributed by atoms with Gasteiger partial charge >= 0.3 is 0 Å². The highest BCUT2D eigenvalue weighted by Gasteiger charge is 2.37. The van der Waals surface area contributed by atoms with Crippen molar-refractivity contribution in [3.63, 3.8) is 0 Å². The Morgan fingerprint density at radius 3 is 2.63 bits per heavy atom. The summed E-state index contributed by atoms with van der Waals surface area (Å²) in [4.78, 5) is 33.2. The number of likely N-dealkylation sites (N-methyl/N-ethyl adjacent to an activating group) is 1. The largest absolute Gasteiger partial charge is 0.348 e. The molecule has 9 nitrogen and oxygen atoms in total. The van der Waals surface area contributed by atoms with Gasteiger partial charge in [0.2, 0.25) is 15.9 Å². The fraction of sp³-hybridized carbons (Fsp3) is 0.450. The summed E-state index contributed by atoms with van der Waals surface area (Å²) in [6.07, 6.45) is 3.36. The number of hydrogen-bond donors (Lipinski definition) is 0. The second kappa shape index (κ2) is 7.51. The molecule has 3 heterocycles. The van der Waals surface area contributed by atoms with Gasteiger partial charge in [0.05, 0.1) is 24.5 Å². The monoisotopic (exact) mass is 431 g/mol. The highest BCUT2D eigenvalue weighted by atomic mass is 32.2. The van der Waals surface area contributed by atoms with Crippen LogP contribution in [-0.4, -0.2) is 77.1 Å². The van der Waals surface area contributed by atoms with E-state index in [0.29, 0.717) is 17.9 Å². The molecule has 2 aromatic rings. The number of carbonyl (C=O) groups excluding carboxylic acids is 2. The van der Waals surface area contributed by atoms with Crippen LogP contribution in [-0.2, 0) is 21.4 Å². The Morgan fingerprint density at radius 2 is 1.97 bits per heavy atom. The molecule has 1 fully saturated rings. The molecule has 1 aromatic carbocycles. The minimum Gasteiger partial charge on any atom is -0.348 e. The second-order valence-electron chi connectivity index (χ2n) is 7.93. The third kappa shape index (κ3) is 3.29. The van der Waals surface area contributed by atoms with Crippen LogP contribution in [0.4, 0.5) is 0 Å². The number of rotatable bonds is 3. The first-order chi connectivity index (χ1) is 14.2. The number of aromatic nitrogens is 2. The molecule has 0 saturated carbocycles. The van der Waals surface area contributed by atoms with Crippen molar-refractivity contribution in [2.24, 2.45) is 0 Å². The van der Waals surface area contributed by atoms with Crippen LogP contribution in [0.3, 0.4) is 0 Å². The molecule has 0 N–H and O–H groups in total. The van der Waals surface area contributed by atoms with Gasteiger partial charge in [-0.1, -0.05) is 12.1 Å². The van der Waals surface area contributed by atoms with Crippen LogP contribution < -0.4 is 0 Å². The van der Waals surface area contributed by atoms with E-state index >= 15 is 0 Å². The van der Waals surface area contributed by atoms with E-state index in [1.807, 2.05) is 6.92 Å². The number of nitrogens with zero attached hydrogens (tertiary/aromatic N) is 5. The lowest BCUT2D eigenvalue weighted by Crippen LogP contribution is -2.40. The van der Waals surface area contributed by atoms with Crippen LogP contribution in [0.15, 0.2) is 35.5 Å². The van der Waals surface area contributed by atoms with Gasteiger partial charge < -0.3 is 9.80 Å². The van der Waals surface area contributed by atoms with Crippen molar-refractivity contribution in [3.05, 3.63) is 42.0 Å². The van der Waals surface area contributed by atoms with Crippen LogP contribution in [0.2, 0.25) is 0 Å². The minimum atomic E-state index is -3.95. The van der Waals surface area contributed by atoms with E-state index in [-0.39, 0.29) is 41.5 Å². The number of benzene rings is 1. The Labute approximate surface area is 175 Å². The average molecular weight is 432 g/mol. The lowest BCUT2D eigenvalue weighted by molar-refractivity contribution is -0.128. The first kappa shape index (κ1) is 20.5. The van der Waals surface area contributed by atoms with Gasteiger partial charge in [-0.05, 0) is 31.9 Å². The molecule has 2 aliphatic heterocycles. The molecule has 30 heavy (non-hydrogen) atoms.